The normalized spacial score (nSPS) is 28.5. The Balaban J connectivity index is 0.00000182. The van der Waals surface area contributed by atoms with Crippen molar-refractivity contribution in [2.24, 2.45) is 0 Å². The van der Waals surface area contributed by atoms with E-state index in [1.54, 1.807) is 7.11 Å². The Morgan fingerprint density at radius 3 is 2.64 bits per heavy atom. The molecule has 4 rings (SSSR count). The zero-order chi connectivity index (χ0) is 16.4. The molecule has 3 atom stereocenters. The second-order valence-corrected chi connectivity index (χ2v) is 6.92. The van der Waals surface area contributed by atoms with Crippen LogP contribution in [0.5, 0.6) is 5.75 Å². The van der Waals surface area contributed by atoms with E-state index in [9.17, 15) is 0 Å². The zero-order valence-corrected chi connectivity index (χ0v) is 15.4. The number of benzene rings is 2. The van der Waals surface area contributed by atoms with Crippen LogP contribution < -0.4 is 10.1 Å². The zero-order valence-electron chi connectivity index (χ0n) is 14.6. The molecule has 0 aliphatic carbocycles. The van der Waals surface area contributed by atoms with Crippen molar-refractivity contribution in [1.82, 2.24) is 5.32 Å². The van der Waals surface area contributed by atoms with Crippen LogP contribution in [-0.4, -0.2) is 25.9 Å². The Bertz CT molecular complexity index is 693. The summed E-state index contributed by atoms with van der Waals surface area (Å²) in [5, 5.41) is 3.71. The van der Waals surface area contributed by atoms with Gasteiger partial charge in [0.05, 0.1) is 25.4 Å². The first-order chi connectivity index (χ1) is 11.8. The SMILES string of the molecule is COc1ccccc1[C@H]1CO[C@]2(CCCN[C@H]2c2ccccc2)C1.Cl. The van der Waals surface area contributed by atoms with Gasteiger partial charge in [-0.1, -0.05) is 48.5 Å². The summed E-state index contributed by atoms with van der Waals surface area (Å²) in [6.07, 6.45) is 3.33. The topological polar surface area (TPSA) is 30.5 Å². The first kappa shape index (κ1) is 18.2. The van der Waals surface area contributed by atoms with Crippen molar-refractivity contribution in [3.63, 3.8) is 0 Å². The van der Waals surface area contributed by atoms with Crippen molar-refractivity contribution < 1.29 is 9.47 Å². The third-order valence-corrected chi connectivity index (χ3v) is 5.53. The van der Waals surface area contributed by atoms with Crippen molar-refractivity contribution in [1.29, 1.82) is 0 Å². The third-order valence-electron chi connectivity index (χ3n) is 5.53. The third kappa shape index (κ3) is 3.41. The first-order valence-electron chi connectivity index (χ1n) is 8.88. The van der Waals surface area contributed by atoms with Gasteiger partial charge in [0.1, 0.15) is 5.75 Å². The van der Waals surface area contributed by atoms with Gasteiger partial charge in [0.15, 0.2) is 0 Å². The Hall–Kier alpha value is -1.55. The van der Waals surface area contributed by atoms with E-state index in [0.29, 0.717) is 5.92 Å². The number of methoxy groups -OCH3 is 1. The lowest BCUT2D eigenvalue weighted by Crippen LogP contribution is -2.48. The maximum atomic E-state index is 6.50. The molecule has 0 aromatic heterocycles. The second kappa shape index (κ2) is 7.77. The number of hydrogen-bond donors (Lipinski definition) is 1. The van der Waals surface area contributed by atoms with Crippen LogP contribution in [0.25, 0.3) is 0 Å². The molecule has 2 aromatic carbocycles. The average molecular weight is 360 g/mol. The number of rotatable bonds is 3. The van der Waals surface area contributed by atoms with Gasteiger partial charge in [-0.15, -0.1) is 12.4 Å². The lowest BCUT2D eigenvalue weighted by molar-refractivity contribution is -0.0484. The monoisotopic (exact) mass is 359 g/mol. The molecule has 2 heterocycles. The van der Waals surface area contributed by atoms with Crippen molar-refractivity contribution in [3.05, 3.63) is 65.7 Å². The molecule has 134 valence electrons. The number of hydrogen-bond acceptors (Lipinski definition) is 3. The minimum Gasteiger partial charge on any atom is -0.496 e. The van der Waals surface area contributed by atoms with Crippen LogP contribution >= 0.6 is 12.4 Å². The highest BCUT2D eigenvalue weighted by atomic mass is 35.5. The summed E-state index contributed by atoms with van der Waals surface area (Å²) in [6, 6.07) is 19.4. The highest BCUT2D eigenvalue weighted by molar-refractivity contribution is 5.85. The predicted octanol–water partition coefficient (Wildman–Crippen LogP) is 4.48. The van der Waals surface area contributed by atoms with E-state index in [2.05, 4.69) is 47.8 Å². The van der Waals surface area contributed by atoms with Gasteiger partial charge in [0, 0.05) is 5.92 Å². The molecule has 0 radical (unpaired) electrons. The first-order valence-corrected chi connectivity index (χ1v) is 8.88. The number of ether oxygens (including phenoxy) is 2. The van der Waals surface area contributed by atoms with Crippen molar-refractivity contribution in [2.75, 3.05) is 20.3 Å². The fourth-order valence-corrected chi connectivity index (χ4v) is 4.41. The lowest BCUT2D eigenvalue weighted by atomic mass is 9.77. The Kier molecular flexibility index (Phi) is 5.67. The molecular formula is C21H26ClNO2. The summed E-state index contributed by atoms with van der Waals surface area (Å²) in [4.78, 5) is 0. The van der Waals surface area contributed by atoms with Gasteiger partial charge < -0.3 is 14.8 Å². The molecule has 25 heavy (non-hydrogen) atoms. The Labute approximate surface area is 156 Å². The van der Waals surface area contributed by atoms with Gasteiger partial charge in [0.25, 0.3) is 0 Å². The van der Waals surface area contributed by atoms with Crippen LogP contribution in [0.2, 0.25) is 0 Å². The molecule has 2 aromatic rings. The molecule has 1 spiro atoms. The Morgan fingerprint density at radius 1 is 1.08 bits per heavy atom. The lowest BCUT2D eigenvalue weighted by Gasteiger charge is -2.41. The van der Waals surface area contributed by atoms with E-state index in [1.165, 1.54) is 17.5 Å². The molecule has 2 aliphatic rings. The molecule has 3 nitrogen and oxygen atoms in total. The summed E-state index contributed by atoms with van der Waals surface area (Å²) in [7, 11) is 1.75. The molecule has 2 fully saturated rings. The highest BCUT2D eigenvalue weighted by Gasteiger charge is 2.48. The van der Waals surface area contributed by atoms with Gasteiger partial charge in [-0.25, -0.2) is 0 Å². The molecular weight excluding hydrogens is 334 g/mol. The molecule has 2 aliphatic heterocycles. The summed E-state index contributed by atoms with van der Waals surface area (Å²) in [6.45, 7) is 1.83. The number of halogens is 1. The van der Waals surface area contributed by atoms with E-state index in [4.69, 9.17) is 9.47 Å². The van der Waals surface area contributed by atoms with E-state index < -0.39 is 0 Å². The van der Waals surface area contributed by atoms with Crippen molar-refractivity contribution >= 4 is 12.4 Å². The predicted molar refractivity (Wildman–Crippen MR) is 103 cm³/mol. The fraction of sp³-hybridized carbons (Fsp3) is 0.429. The molecule has 1 N–H and O–H groups in total. The van der Waals surface area contributed by atoms with Crippen LogP contribution in [0.15, 0.2) is 54.6 Å². The summed E-state index contributed by atoms with van der Waals surface area (Å²) < 4.78 is 12.1. The molecule has 0 bridgehead atoms. The van der Waals surface area contributed by atoms with E-state index in [-0.39, 0.29) is 24.0 Å². The maximum absolute atomic E-state index is 6.50. The molecule has 0 saturated carbocycles. The van der Waals surface area contributed by atoms with Gasteiger partial charge >= 0.3 is 0 Å². The van der Waals surface area contributed by atoms with E-state index in [1.807, 2.05) is 12.1 Å². The Morgan fingerprint density at radius 2 is 1.84 bits per heavy atom. The van der Waals surface area contributed by atoms with Gasteiger partial charge in [-0.3, -0.25) is 0 Å². The van der Waals surface area contributed by atoms with Crippen LogP contribution in [0.3, 0.4) is 0 Å². The van der Waals surface area contributed by atoms with Crippen LogP contribution in [0.1, 0.15) is 42.3 Å². The van der Waals surface area contributed by atoms with Gasteiger partial charge in [-0.2, -0.15) is 0 Å². The number of piperidine rings is 1. The van der Waals surface area contributed by atoms with Crippen molar-refractivity contribution in [3.8, 4) is 5.75 Å². The number of para-hydroxylation sites is 1. The number of nitrogens with one attached hydrogen (secondary N) is 1. The largest absolute Gasteiger partial charge is 0.496 e. The van der Waals surface area contributed by atoms with E-state index >= 15 is 0 Å². The quantitative estimate of drug-likeness (QED) is 0.876. The molecule has 2 saturated heterocycles. The van der Waals surface area contributed by atoms with Gasteiger partial charge in [0.2, 0.25) is 0 Å². The average Bonchev–Trinajstić information content (AvgIpc) is 3.07. The van der Waals surface area contributed by atoms with Crippen LogP contribution in [0.4, 0.5) is 0 Å². The van der Waals surface area contributed by atoms with Crippen LogP contribution in [0, 0.1) is 0 Å². The second-order valence-electron chi connectivity index (χ2n) is 6.92. The summed E-state index contributed by atoms with van der Waals surface area (Å²) in [5.74, 6) is 1.37. The minimum absolute atomic E-state index is 0. The summed E-state index contributed by atoms with van der Waals surface area (Å²) >= 11 is 0. The standard InChI is InChI=1S/C21H25NO2.ClH/c1-23-19-11-6-5-10-18(19)17-14-21(24-15-17)12-7-13-22-20(21)16-8-3-2-4-9-16;/h2-6,8-11,17,20,22H,7,12-15H2,1H3;1H/t17-,20+,21-;/m1./s1. The highest BCUT2D eigenvalue weighted by Crippen LogP contribution is 2.49. The minimum atomic E-state index is -0.106. The summed E-state index contributed by atoms with van der Waals surface area (Å²) in [5.41, 5.74) is 2.50. The smallest absolute Gasteiger partial charge is 0.122 e. The van der Waals surface area contributed by atoms with Gasteiger partial charge in [-0.05, 0) is 43.0 Å². The maximum Gasteiger partial charge on any atom is 0.122 e. The van der Waals surface area contributed by atoms with Crippen molar-refractivity contribution in [2.45, 2.75) is 36.8 Å². The molecule has 0 unspecified atom stereocenters. The van der Waals surface area contributed by atoms with E-state index in [0.717, 1.165) is 31.7 Å². The molecule has 0 amide bonds. The molecule has 4 heteroatoms. The fourth-order valence-electron chi connectivity index (χ4n) is 4.41. The van der Waals surface area contributed by atoms with Crippen LogP contribution in [-0.2, 0) is 4.74 Å².